The molecule has 0 aliphatic heterocycles. The summed E-state index contributed by atoms with van der Waals surface area (Å²) in [6.07, 6.45) is 8.38. The maximum Gasteiger partial charge on any atom is 0.119 e. The summed E-state index contributed by atoms with van der Waals surface area (Å²) in [5, 5.41) is 14.6. The van der Waals surface area contributed by atoms with E-state index >= 15 is 0 Å². The summed E-state index contributed by atoms with van der Waals surface area (Å²) in [6.45, 7) is 1.47. The van der Waals surface area contributed by atoms with Crippen LogP contribution < -0.4 is 20.9 Å². The molecule has 0 aliphatic carbocycles. The van der Waals surface area contributed by atoms with Crippen molar-refractivity contribution in [1.82, 2.24) is 0 Å². The van der Waals surface area contributed by atoms with Crippen molar-refractivity contribution in [2.24, 2.45) is 11.5 Å². The number of aryl methyl sites for hydroxylation is 2. The maximum atomic E-state index is 7.28. The molecule has 0 amide bonds. The average Bonchev–Trinajstić information content (AvgIpc) is 2.76. The summed E-state index contributed by atoms with van der Waals surface area (Å²) in [4.78, 5) is 0. The molecular weight excluding hydrogens is 388 g/mol. The van der Waals surface area contributed by atoms with Crippen LogP contribution in [0.5, 0.6) is 11.5 Å². The minimum atomic E-state index is 0.225. The van der Waals surface area contributed by atoms with Crippen molar-refractivity contribution in [3.63, 3.8) is 0 Å². The third-order valence-electron chi connectivity index (χ3n) is 5.04. The summed E-state index contributed by atoms with van der Waals surface area (Å²) < 4.78 is 11.6. The van der Waals surface area contributed by atoms with Crippen molar-refractivity contribution in [2.45, 2.75) is 57.8 Å². The Bertz CT molecular complexity index is 721. The first-order valence-corrected chi connectivity index (χ1v) is 11.1. The molecule has 31 heavy (non-hydrogen) atoms. The first-order valence-electron chi connectivity index (χ1n) is 11.1. The van der Waals surface area contributed by atoms with Crippen molar-refractivity contribution < 1.29 is 9.47 Å². The smallest absolute Gasteiger partial charge is 0.119 e. The lowest BCUT2D eigenvalue weighted by Gasteiger charge is -2.08. The molecule has 0 radical (unpaired) electrons. The fraction of sp³-hybridized carbons (Fsp3) is 0.440. The normalized spacial score (nSPS) is 10.6. The van der Waals surface area contributed by atoms with Gasteiger partial charge in [0.2, 0.25) is 0 Å². The molecule has 0 aliphatic rings. The van der Waals surface area contributed by atoms with Crippen molar-refractivity contribution in [2.75, 3.05) is 13.2 Å². The third-order valence-corrected chi connectivity index (χ3v) is 5.04. The molecule has 0 heterocycles. The molecule has 0 bridgehead atoms. The van der Waals surface area contributed by atoms with Gasteiger partial charge in [-0.2, -0.15) is 0 Å². The Morgan fingerprint density at radius 3 is 1.29 bits per heavy atom. The van der Waals surface area contributed by atoms with Crippen LogP contribution in [0.4, 0.5) is 0 Å². The molecule has 0 unspecified atom stereocenters. The first-order chi connectivity index (χ1) is 15.0. The number of ether oxygens (including phenoxy) is 2. The van der Waals surface area contributed by atoms with E-state index in [1.807, 2.05) is 48.5 Å². The number of nitrogens with one attached hydrogen (secondary N) is 2. The van der Waals surface area contributed by atoms with Gasteiger partial charge in [-0.1, -0.05) is 43.5 Å². The van der Waals surface area contributed by atoms with Gasteiger partial charge in [0.1, 0.15) is 11.5 Å². The Hall–Kier alpha value is -3.02. The van der Waals surface area contributed by atoms with Crippen LogP contribution in [-0.2, 0) is 12.8 Å². The summed E-state index contributed by atoms with van der Waals surface area (Å²) >= 11 is 0. The highest BCUT2D eigenvalue weighted by atomic mass is 16.5. The molecule has 168 valence electrons. The lowest BCUT2D eigenvalue weighted by molar-refractivity contribution is 0.293. The minimum Gasteiger partial charge on any atom is -0.494 e. The monoisotopic (exact) mass is 424 g/mol. The number of rotatable bonds is 16. The Morgan fingerprint density at radius 2 is 0.935 bits per heavy atom. The molecule has 6 nitrogen and oxygen atoms in total. The van der Waals surface area contributed by atoms with Crippen molar-refractivity contribution in [3.05, 3.63) is 59.7 Å². The highest BCUT2D eigenvalue weighted by Crippen LogP contribution is 2.16. The van der Waals surface area contributed by atoms with E-state index in [0.29, 0.717) is 12.8 Å². The van der Waals surface area contributed by atoms with Gasteiger partial charge in [0.25, 0.3) is 0 Å². The van der Waals surface area contributed by atoms with Crippen LogP contribution >= 0.6 is 0 Å². The van der Waals surface area contributed by atoms with E-state index < -0.39 is 0 Å². The molecular formula is C25H36N4O2. The maximum absolute atomic E-state index is 7.28. The molecule has 2 aromatic carbocycles. The molecule has 0 saturated carbocycles. The van der Waals surface area contributed by atoms with E-state index in [0.717, 1.165) is 63.2 Å². The Kier molecular flexibility index (Phi) is 11.0. The highest BCUT2D eigenvalue weighted by molar-refractivity contribution is 5.77. The summed E-state index contributed by atoms with van der Waals surface area (Å²) in [5.41, 5.74) is 13.1. The van der Waals surface area contributed by atoms with Gasteiger partial charge >= 0.3 is 0 Å². The molecule has 0 spiro atoms. The Labute approximate surface area is 186 Å². The number of hydrogen-bond acceptors (Lipinski definition) is 4. The summed E-state index contributed by atoms with van der Waals surface area (Å²) in [6, 6.07) is 16.1. The lowest BCUT2D eigenvalue weighted by atomic mass is 10.1. The molecule has 2 rings (SSSR count). The zero-order valence-electron chi connectivity index (χ0n) is 18.4. The first kappa shape index (κ1) is 24.3. The molecule has 2 aromatic rings. The second-order valence-electron chi connectivity index (χ2n) is 7.80. The SMILES string of the molecule is N=C(N)CCc1ccc(OCCCCCCCOc2ccc(CCC(=N)N)cc2)cc1. The van der Waals surface area contributed by atoms with Gasteiger partial charge in [-0.15, -0.1) is 0 Å². The van der Waals surface area contributed by atoms with Gasteiger partial charge < -0.3 is 20.9 Å². The number of benzene rings is 2. The fourth-order valence-corrected chi connectivity index (χ4v) is 3.18. The van der Waals surface area contributed by atoms with E-state index in [2.05, 4.69) is 0 Å². The van der Waals surface area contributed by atoms with Crippen molar-refractivity contribution in [1.29, 1.82) is 10.8 Å². The molecule has 0 fully saturated rings. The van der Waals surface area contributed by atoms with Crippen LogP contribution in [0.3, 0.4) is 0 Å². The molecule has 0 saturated heterocycles. The standard InChI is InChI=1S/C25H36N4O2/c26-24(27)16-10-20-6-12-22(13-7-20)30-18-4-2-1-3-5-19-31-23-14-8-21(9-15-23)11-17-25(28)29/h6-9,12-15H,1-5,10-11,16-19H2,(H3,26,27)(H3,28,29). The zero-order valence-corrected chi connectivity index (χ0v) is 18.4. The summed E-state index contributed by atoms with van der Waals surface area (Å²) in [7, 11) is 0. The van der Waals surface area contributed by atoms with E-state index in [1.54, 1.807) is 0 Å². The summed E-state index contributed by atoms with van der Waals surface area (Å²) in [5.74, 6) is 2.24. The second-order valence-corrected chi connectivity index (χ2v) is 7.80. The third kappa shape index (κ3) is 11.1. The van der Waals surface area contributed by atoms with Crippen LogP contribution in [0, 0.1) is 10.8 Å². The predicted molar refractivity (Wildman–Crippen MR) is 127 cm³/mol. The number of hydrogen-bond donors (Lipinski definition) is 4. The van der Waals surface area contributed by atoms with E-state index in [9.17, 15) is 0 Å². The lowest BCUT2D eigenvalue weighted by Crippen LogP contribution is -2.10. The van der Waals surface area contributed by atoms with Crippen molar-refractivity contribution >= 4 is 11.7 Å². The van der Waals surface area contributed by atoms with Gasteiger partial charge in [-0.05, 0) is 61.1 Å². The largest absolute Gasteiger partial charge is 0.494 e. The number of nitrogens with two attached hydrogens (primary N) is 2. The quantitative estimate of drug-likeness (QED) is 0.175. The average molecular weight is 425 g/mol. The molecule has 6 N–H and O–H groups in total. The van der Waals surface area contributed by atoms with Crippen molar-refractivity contribution in [3.8, 4) is 11.5 Å². The Balaban J connectivity index is 1.46. The van der Waals surface area contributed by atoms with Crippen LogP contribution in [0.15, 0.2) is 48.5 Å². The van der Waals surface area contributed by atoms with Gasteiger partial charge in [-0.25, -0.2) is 0 Å². The van der Waals surface area contributed by atoms with Gasteiger partial charge in [0.15, 0.2) is 0 Å². The highest BCUT2D eigenvalue weighted by Gasteiger charge is 2.00. The predicted octanol–water partition coefficient (Wildman–Crippen LogP) is 4.83. The van der Waals surface area contributed by atoms with Gasteiger partial charge in [0, 0.05) is 12.8 Å². The molecule has 0 atom stereocenters. The van der Waals surface area contributed by atoms with E-state index in [1.165, 1.54) is 17.5 Å². The van der Waals surface area contributed by atoms with Gasteiger partial charge in [-0.3, -0.25) is 10.8 Å². The second kappa shape index (κ2) is 14.1. The van der Waals surface area contributed by atoms with E-state index in [-0.39, 0.29) is 11.7 Å². The number of unbranched alkanes of at least 4 members (excludes halogenated alkanes) is 4. The minimum absolute atomic E-state index is 0.225. The number of amidine groups is 2. The van der Waals surface area contributed by atoms with Crippen LogP contribution in [0.2, 0.25) is 0 Å². The molecule has 6 heteroatoms. The Morgan fingerprint density at radius 1 is 0.581 bits per heavy atom. The molecule has 0 aromatic heterocycles. The van der Waals surface area contributed by atoms with Gasteiger partial charge in [0.05, 0.1) is 24.9 Å². The van der Waals surface area contributed by atoms with Crippen LogP contribution in [0.1, 0.15) is 56.1 Å². The van der Waals surface area contributed by atoms with Crippen LogP contribution in [0.25, 0.3) is 0 Å². The zero-order chi connectivity index (χ0) is 22.3. The van der Waals surface area contributed by atoms with Crippen LogP contribution in [-0.4, -0.2) is 24.9 Å². The topological polar surface area (TPSA) is 118 Å². The fourth-order valence-electron chi connectivity index (χ4n) is 3.18. The van der Waals surface area contributed by atoms with E-state index in [4.69, 9.17) is 31.8 Å².